The molecule has 0 bridgehead atoms. The summed E-state index contributed by atoms with van der Waals surface area (Å²) >= 11 is 0. The van der Waals surface area contributed by atoms with E-state index in [2.05, 4.69) is 11.6 Å². The molecule has 0 saturated carbocycles. The first-order chi connectivity index (χ1) is 8.45. The Labute approximate surface area is 136 Å². The van der Waals surface area contributed by atoms with Crippen molar-refractivity contribution in [2.45, 2.75) is 19.1 Å². The zero-order valence-electron chi connectivity index (χ0n) is 10.5. The van der Waals surface area contributed by atoms with Crippen LogP contribution in [0, 0.1) is 6.42 Å². The molecule has 7 heteroatoms. The molecule has 0 fully saturated rings. The Hall–Kier alpha value is -0.556. The minimum atomic E-state index is -1.09. The molecule has 1 unspecified atom stereocenters. The van der Waals surface area contributed by atoms with Gasteiger partial charge in [0.05, 0.1) is 12.4 Å². The summed E-state index contributed by atoms with van der Waals surface area (Å²) in [4.78, 5) is 5.48. The van der Waals surface area contributed by atoms with Gasteiger partial charge in [0, 0.05) is 44.5 Å². The summed E-state index contributed by atoms with van der Waals surface area (Å²) in [6.07, 6.45) is 1.91. The van der Waals surface area contributed by atoms with E-state index in [9.17, 15) is 9.50 Å². The molecule has 0 aromatic rings. The standard InChI is InChI=1S/C12H15FN3O2.Y/c1-6-4-16(7(2)15-12(6)14)9-3-10(18)8(5-17)11(9)13;/h3-4,9-10,17-18H,2,5H2,1H3,(H2,14,15);/q-1;/t9?,10-;/m0./s1. The number of aliphatic hydroxyl groups excluding tert-OH is 2. The Balaban J connectivity index is 0.00000180. The number of nitrogens with zero attached hydrogens (tertiary/aromatic N) is 2. The molecule has 101 valence electrons. The van der Waals surface area contributed by atoms with Crippen LogP contribution in [0.1, 0.15) is 6.92 Å². The van der Waals surface area contributed by atoms with Gasteiger partial charge >= 0.3 is 0 Å². The van der Waals surface area contributed by atoms with E-state index in [-0.39, 0.29) is 38.3 Å². The number of rotatable bonds is 2. The first-order valence-electron chi connectivity index (χ1n) is 5.48. The van der Waals surface area contributed by atoms with Crippen LogP contribution in [0.4, 0.5) is 4.39 Å². The van der Waals surface area contributed by atoms with Crippen molar-refractivity contribution in [2.24, 2.45) is 10.7 Å². The molecule has 4 N–H and O–H groups in total. The molecular formula is C12H15FN3O2Y-. The van der Waals surface area contributed by atoms with Crippen LogP contribution in [0.25, 0.3) is 0 Å². The van der Waals surface area contributed by atoms with Gasteiger partial charge in [-0.15, -0.1) is 0 Å². The van der Waals surface area contributed by atoms with E-state index in [1.165, 1.54) is 11.3 Å². The summed E-state index contributed by atoms with van der Waals surface area (Å²) in [7, 11) is 0. The van der Waals surface area contributed by atoms with Gasteiger partial charge in [-0.25, -0.2) is 9.38 Å². The summed E-state index contributed by atoms with van der Waals surface area (Å²) < 4.78 is 14.0. The van der Waals surface area contributed by atoms with Crippen molar-refractivity contribution >= 4 is 5.84 Å². The Morgan fingerprint density at radius 2 is 2.26 bits per heavy atom. The molecule has 0 saturated heterocycles. The van der Waals surface area contributed by atoms with Crippen LogP contribution in [0.15, 0.2) is 40.6 Å². The average molecular weight is 341 g/mol. The third kappa shape index (κ3) is 2.97. The van der Waals surface area contributed by atoms with Crippen LogP contribution in [0.3, 0.4) is 0 Å². The number of hydrogen-bond donors (Lipinski definition) is 3. The van der Waals surface area contributed by atoms with Gasteiger partial charge in [-0.2, -0.15) is 0 Å². The van der Waals surface area contributed by atoms with Crippen LogP contribution in [-0.4, -0.2) is 39.7 Å². The SMILES string of the molecule is C=C1N=C(N)C(C)=CN1C1[CH-][C@H](O)C(CO)=C1F.[Y]. The van der Waals surface area contributed by atoms with E-state index in [1.54, 1.807) is 13.1 Å². The Kier molecular flexibility index (Phi) is 5.44. The van der Waals surface area contributed by atoms with Gasteiger partial charge in [0.15, 0.2) is 0 Å². The fourth-order valence-corrected chi connectivity index (χ4v) is 1.96. The zero-order chi connectivity index (χ0) is 13.4. The van der Waals surface area contributed by atoms with Crippen molar-refractivity contribution in [1.29, 1.82) is 0 Å². The Morgan fingerprint density at radius 1 is 1.63 bits per heavy atom. The van der Waals surface area contributed by atoms with Crippen LogP contribution < -0.4 is 5.73 Å². The summed E-state index contributed by atoms with van der Waals surface area (Å²) in [5.41, 5.74) is 6.30. The van der Waals surface area contributed by atoms with Gasteiger partial charge in [-0.3, -0.25) is 6.42 Å². The van der Waals surface area contributed by atoms with Crippen molar-refractivity contribution in [2.75, 3.05) is 6.61 Å². The molecule has 19 heavy (non-hydrogen) atoms. The summed E-state index contributed by atoms with van der Waals surface area (Å²) in [6, 6.07) is -0.804. The van der Waals surface area contributed by atoms with Gasteiger partial charge in [0.1, 0.15) is 11.7 Å². The maximum atomic E-state index is 14.0. The molecule has 0 aromatic carbocycles. The van der Waals surface area contributed by atoms with Gasteiger partial charge in [-0.1, -0.05) is 6.58 Å². The van der Waals surface area contributed by atoms with Crippen LogP contribution in [-0.2, 0) is 32.7 Å². The molecule has 0 amide bonds. The molecule has 2 atom stereocenters. The fourth-order valence-electron chi connectivity index (χ4n) is 1.96. The third-order valence-electron chi connectivity index (χ3n) is 3.04. The van der Waals surface area contributed by atoms with Crippen molar-refractivity contribution < 1.29 is 47.3 Å². The first-order valence-corrected chi connectivity index (χ1v) is 5.48. The van der Waals surface area contributed by atoms with Crippen LogP contribution in [0.5, 0.6) is 0 Å². The quantitative estimate of drug-likeness (QED) is 0.627. The molecule has 1 aliphatic heterocycles. The maximum absolute atomic E-state index is 14.0. The number of nitrogens with two attached hydrogens (primary N) is 1. The van der Waals surface area contributed by atoms with Gasteiger partial charge < -0.3 is 20.8 Å². The van der Waals surface area contributed by atoms with Crippen molar-refractivity contribution in [1.82, 2.24) is 4.90 Å². The van der Waals surface area contributed by atoms with E-state index in [1.807, 2.05) is 0 Å². The zero-order valence-corrected chi connectivity index (χ0v) is 13.4. The number of aliphatic imine (C=N–C) groups is 1. The first kappa shape index (κ1) is 16.5. The minimum absolute atomic E-state index is 0. The topological polar surface area (TPSA) is 82.1 Å². The van der Waals surface area contributed by atoms with E-state index >= 15 is 0 Å². The minimum Gasteiger partial charge on any atom is -0.421 e. The number of hydrogen-bond acceptors (Lipinski definition) is 5. The van der Waals surface area contributed by atoms with Crippen molar-refractivity contribution in [3.8, 4) is 0 Å². The van der Waals surface area contributed by atoms with Gasteiger partial charge in [0.25, 0.3) is 0 Å². The van der Waals surface area contributed by atoms with Crippen molar-refractivity contribution in [3.63, 3.8) is 0 Å². The summed E-state index contributed by atoms with van der Waals surface area (Å²) in [6.45, 7) is 4.92. The molecular weight excluding hydrogens is 326 g/mol. The van der Waals surface area contributed by atoms with Gasteiger partial charge in [-0.05, 0) is 24.6 Å². The van der Waals surface area contributed by atoms with Crippen LogP contribution in [0.2, 0.25) is 0 Å². The predicted molar refractivity (Wildman–Crippen MR) is 65.7 cm³/mol. The molecule has 1 radical (unpaired) electrons. The largest absolute Gasteiger partial charge is 0.421 e. The summed E-state index contributed by atoms with van der Waals surface area (Å²) in [5, 5.41) is 18.6. The van der Waals surface area contributed by atoms with E-state index in [4.69, 9.17) is 10.8 Å². The third-order valence-corrected chi connectivity index (χ3v) is 3.04. The molecule has 2 aliphatic rings. The molecule has 0 aromatic heterocycles. The number of halogens is 1. The predicted octanol–water partition coefficient (Wildman–Crippen LogP) is 0.195. The smallest absolute Gasteiger partial charge is 0.130 e. The second-order valence-electron chi connectivity index (χ2n) is 4.25. The van der Waals surface area contributed by atoms with E-state index in [0.29, 0.717) is 17.2 Å². The average Bonchev–Trinajstić information content (AvgIpc) is 2.59. The Morgan fingerprint density at radius 3 is 2.79 bits per heavy atom. The number of amidine groups is 1. The molecule has 1 heterocycles. The molecule has 0 spiro atoms. The monoisotopic (exact) mass is 341 g/mol. The van der Waals surface area contributed by atoms with Gasteiger partial charge in [0.2, 0.25) is 0 Å². The molecule has 1 aliphatic carbocycles. The molecule has 2 rings (SSSR count). The number of aliphatic hydroxyl groups is 2. The molecule has 5 nitrogen and oxygen atoms in total. The Bertz CT molecular complexity index is 487. The van der Waals surface area contributed by atoms with Crippen molar-refractivity contribution in [3.05, 3.63) is 42.0 Å². The second-order valence-corrected chi connectivity index (χ2v) is 4.25. The second kappa shape index (κ2) is 6.26. The maximum Gasteiger partial charge on any atom is 0.130 e. The van der Waals surface area contributed by atoms with Crippen LogP contribution >= 0.6 is 0 Å². The van der Waals surface area contributed by atoms with E-state index in [0.717, 1.165) is 0 Å². The fraction of sp³-hybridized carbons (Fsp3) is 0.333. The summed E-state index contributed by atoms with van der Waals surface area (Å²) in [5.74, 6) is 0.0494. The van der Waals surface area contributed by atoms with E-state index < -0.39 is 24.6 Å². The normalized spacial score (nSPS) is 27.2.